The van der Waals surface area contributed by atoms with E-state index in [0.717, 1.165) is 25.7 Å². The molecule has 0 aliphatic heterocycles. The number of rotatable bonds is 7. The number of carbonyl (C=O) groups excluding carboxylic acids is 1. The molecule has 1 rings (SSSR count). The standard InChI is InChI=1S/C14H19NO4/c1-2-3-4-5-8-19-14(18)11-7-6-10(15)9-12(11)13(16)17/h6-7,9H,2-5,8,15H2,1H3,(H,16,17). The molecule has 5 heteroatoms. The van der Waals surface area contributed by atoms with Crippen molar-refractivity contribution >= 4 is 17.6 Å². The van der Waals surface area contributed by atoms with Crippen LogP contribution in [0.15, 0.2) is 18.2 Å². The molecule has 104 valence electrons. The first kappa shape index (κ1) is 15.0. The third-order valence-corrected chi connectivity index (χ3v) is 2.72. The van der Waals surface area contributed by atoms with Crippen LogP contribution in [-0.4, -0.2) is 23.7 Å². The lowest BCUT2D eigenvalue weighted by Crippen LogP contribution is -2.13. The van der Waals surface area contributed by atoms with Crippen LogP contribution in [0, 0.1) is 0 Å². The van der Waals surface area contributed by atoms with Crippen LogP contribution in [0.4, 0.5) is 5.69 Å². The molecule has 0 bridgehead atoms. The quantitative estimate of drug-likeness (QED) is 0.449. The summed E-state index contributed by atoms with van der Waals surface area (Å²) in [6, 6.07) is 4.13. The van der Waals surface area contributed by atoms with Gasteiger partial charge >= 0.3 is 11.9 Å². The van der Waals surface area contributed by atoms with Crippen molar-refractivity contribution < 1.29 is 19.4 Å². The largest absolute Gasteiger partial charge is 0.478 e. The van der Waals surface area contributed by atoms with Gasteiger partial charge in [-0.3, -0.25) is 0 Å². The van der Waals surface area contributed by atoms with Gasteiger partial charge in [-0.25, -0.2) is 9.59 Å². The minimum absolute atomic E-state index is 0.0391. The van der Waals surface area contributed by atoms with Crippen molar-refractivity contribution in [2.75, 3.05) is 12.3 Å². The molecule has 0 aliphatic rings. The van der Waals surface area contributed by atoms with Gasteiger partial charge in [0.2, 0.25) is 0 Å². The number of esters is 1. The molecule has 1 aromatic rings. The highest BCUT2D eigenvalue weighted by Crippen LogP contribution is 2.15. The van der Waals surface area contributed by atoms with Crippen molar-refractivity contribution in [2.45, 2.75) is 32.6 Å². The molecule has 0 fully saturated rings. The molecule has 0 saturated carbocycles. The number of carbonyl (C=O) groups is 2. The Labute approximate surface area is 112 Å². The van der Waals surface area contributed by atoms with E-state index in [2.05, 4.69) is 6.92 Å². The second-order valence-electron chi connectivity index (χ2n) is 4.31. The third kappa shape index (κ3) is 4.62. The lowest BCUT2D eigenvalue weighted by molar-refractivity contribution is 0.0487. The first-order valence-corrected chi connectivity index (χ1v) is 6.36. The van der Waals surface area contributed by atoms with Crippen LogP contribution >= 0.6 is 0 Å². The highest BCUT2D eigenvalue weighted by molar-refractivity contribution is 6.03. The zero-order valence-corrected chi connectivity index (χ0v) is 11.0. The Morgan fingerprint density at radius 1 is 1.21 bits per heavy atom. The lowest BCUT2D eigenvalue weighted by Gasteiger charge is -2.07. The van der Waals surface area contributed by atoms with Gasteiger partial charge in [0.25, 0.3) is 0 Å². The van der Waals surface area contributed by atoms with Gasteiger partial charge in [-0.1, -0.05) is 26.2 Å². The molecule has 1 aromatic carbocycles. The number of hydrogen-bond donors (Lipinski definition) is 2. The van der Waals surface area contributed by atoms with E-state index in [1.54, 1.807) is 0 Å². The summed E-state index contributed by atoms with van der Waals surface area (Å²) >= 11 is 0. The normalized spacial score (nSPS) is 10.2. The predicted molar refractivity (Wildman–Crippen MR) is 72.2 cm³/mol. The molecule has 0 heterocycles. The smallest absolute Gasteiger partial charge is 0.339 e. The van der Waals surface area contributed by atoms with Gasteiger partial charge in [0.05, 0.1) is 17.7 Å². The number of carboxylic acid groups (broad SMARTS) is 1. The molecule has 0 atom stereocenters. The zero-order valence-electron chi connectivity index (χ0n) is 11.0. The van der Waals surface area contributed by atoms with Crippen molar-refractivity contribution in [1.29, 1.82) is 0 Å². The Morgan fingerprint density at radius 3 is 2.58 bits per heavy atom. The molecule has 0 spiro atoms. The summed E-state index contributed by atoms with van der Waals surface area (Å²) in [5.74, 6) is -1.81. The Balaban J connectivity index is 2.64. The summed E-state index contributed by atoms with van der Waals surface area (Å²) in [6.07, 6.45) is 3.99. The van der Waals surface area contributed by atoms with Crippen LogP contribution < -0.4 is 5.73 Å². The molecule has 0 aliphatic carbocycles. The number of nitrogen functional groups attached to an aromatic ring is 1. The number of carboxylic acids is 1. The Bertz CT molecular complexity index is 457. The van der Waals surface area contributed by atoms with E-state index in [1.807, 2.05) is 0 Å². The highest BCUT2D eigenvalue weighted by Gasteiger charge is 2.17. The molecule has 0 radical (unpaired) electrons. The number of ether oxygens (including phenoxy) is 1. The number of aromatic carboxylic acids is 1. The van der Waals surface area contributed by atoms with Crippen molar-refractivity contribution in [3.8, 4) is 0 Å². The Hall–Kier alpha value is -2.04. The van der Waals surface area contributed by atoms with E-state index in [9.17, 15) is 9.59 Å². The molecule has 3 N–H and O–H groups in total. The highest BCUT2D eigenvalue weighted by atomic mass is 16.5. The maximum absolute atomic E-state index is 11.8. The van der Waals surface area contributed by atoms with Crippen LogP contribution in [0.5, 0.6) is 0 Å². The predicted octanol–water partition coefficient (Wildman–Crippen LogP) is 2.70. The number of unbranched alkanes of at least 4 members (excludes halogenated alkanes) is 3. The Morgan fingerprint density at radius 2 is 1.95 bits per heavy atom. The van der Waals surface area contributed by atoms with E-state index >= 15 is 0 Å². The number of benzene rings is 1. The van der Waals surface area contributed by atoms with Gasteiger partial charge in [0, 0.05) is 5.69 Å². The van der Waals surface area contributed by atoms with Crippen molar-refractivity contribution in [3.05, 3.63) is 29.3 Å². The monoisotopic (exact) mass is 265 g/mol. The molecule has 0 aromatic heterocycles. The molecular formula is C14H19NO4. The minimum Gasteiger partial charge on any atom is -0.478 e. The van der Waals surface area contributed by atoms with Crippen LogP contribution in [0.1, 0.15) is 53.3 Å². The number of hydrogen-bond acceptors (Lipinski definition) is 4. The van der Waals surface area contributed by atoms with Gasteiger partial charge in [-0.05, 0) is 24.6 Å². The van der Waals surface area contributed by atoms with Gasteiger partial charge in [0.1, 0.15) is 0 Å². The van der Waals surface area contributed by atoms with Crippen molar-refractivity contribution in [1.82, 2.24) is 0 Å². The summed E-state index contributed by atoms with van der Waals surface area (Å²) in [5, 5.41) is 9.02. The summed E-state index contributed by atoms with van der Waals surface area (Å²) in [4.78, 5) is 22.8. The van der Waals surface area contributed by atoms with Crippen LogP contribution in [0.25, 0.3) is 0 Å². The van der Waals surface area contributed by atoms with E-state index < -0.39 is 11.9 Å². The fourth-order valence-electron chi connectivity index (χ4n) is 1.69. The van der Waals surface area contributed by atoms with Crippen LogP contribution in [0.3, 0.4) is 0 Å². The molecule has 0 unspecified atom stereocenters. The average Bonchev–Trinajstić information content (AvgIpc) is 2.38. The number of nitrogens with two attached hydrogens (primary N) is 1. The molecule has 0 amide bonds. The third-order valence-electron chi connectivity index (χ3n) is 2.72. The molecule has 5 nitrogen and oxygen atoms in total. The summed E-state index contributed by atoms with van der Waals surface area (Å²) < 4.78 is 5.06. The van der Waals surface area contributed by atoms with E-state index in [1.165, 1.54) is 18.2 Å². The second kappa shape index (κ2) is 7.41. The fourth-order valence-corrected chi connectivity index (χ4v) is 1.69. The second-order valence-corrected chi connectivity index (χ2v) is 4.31. The topological polar surface area (TPSA) is 89.6 Å². The minimum atomic E-state index is -1.19. The summed E-state index contributed by atoms with van der Waals surface area (Å²) in [6.45, 7) is 2.40. The SMILES string of the molecule is CCCCCCOC(=O)c1ccc(N)cc1C(=O)O. The average molecular weight is 265 g/mol. The first-order chi connectivity index (χ1) is 9.06. The molecular weight excluding hydrogens is 246 g/mol. The summed E-state index contributed by atoms with van der Waals surface area (Å²) in [7, 11) is 0. The van der Waals surface area contributed by atoms with Crippen LogP contribution in [0.2, 0.25) is 0 Å². The van der Waals surface area contributed by atoms with Crippen molar-refractivity contribution in [2.24, 2.45) is 0 Å². The van der Waals surface area contributed by atoms with Gasteiger partial charge < -0.3 is 15.6 Å². The van der Waals surface area contributed by atoms with Gasteiger partial charge in [-0.15, -0.1) is 0 Å². The van der Waals surface area contributed by atoms with Gasteiger partial charge in [-0.2, -0.15) is 0 Å². The van der Waals surface area contributed by atoms with E-state index in [-0.39, 0.29) is 11.1 Å². The van der Waals surface area contributed by atoms with E-state index in [0.29, 0.717) is 12.3 Å². The van der Waals surface area contributed by atoms with Crippen LogP contribution in [-0.2, 0) is 4.74 Å². The van der Waals surface area contributed by atoms with Crippen molar-refractivity contribution in [3.63, 3.8) is 0 Å². The maximum atomic E-state index is 11.8. The maximum Gasteiger partial charge on any atom is 0.339 e. The Kier molecular flexibility index (Phi) is 5.85. The van der Waals surface area contributed by atoms with E-state index in [4.69, 9.17) is 15.6 Å². The summed E-state index contributed by atoms with van der Waals surface area (Å²) in [5.41, 5.74) is 5.72. The molecule has 0 saturated heterocycles. The molecule has 19 heavy (non-hydrogen) atoms. The number of anilines is 1. The first-order valence-electron chi connectivity index (χ1n) is 6.36. The van der Waals surface area contributed by atoms with Gasteiger partial charge in [0.15, 0.2) is 0 Å². The zero-order chi connectivity index (χ0) is 14.3. The fraction of sp³-hybridized carbons (Fsp3) is 0.429. The lowest BCUT2D eigenvalue weighted by atomic mass is 10.1.